The van der Waals surface area contributed by atoms with E-state index in [1.165, 1.54) is 11.9 Å². The first kappa shape index (κ1) is 9.89. The molecule has 0 fully saturated rings. The van der Waals surface area contributed by atoms with Gasteiger partial charge in [-0.15, -0.1) is 0 Å². The van der Waals surface area contributed by atoms with Crippen LogP contribution in [0.2, 0.25) is 0 Å². The second kappa shape index (κ2) is 4.74. The summed E-state index contributed by atoms with van der Waals surface area (Å²) in [5.41, 5.74) is 5.57. The highest BCUT2D eigenvalue weighted by Crippen LogP contribution is 2.29. The van der Waals surface area contributed by atoms with Crippen LogP contribution in [0.1, 0.15) is 12.8 Å². The van der Waals surface area contributed by atoms with Crippen molar-refractivity contribution in [2.45, 2.75) is 18.1 Å². The van der Waals surface area contributed by atoms with E-state index in [4.69, 9.17) is 15.6 Å². The van der Waals surface area contributed by atoms with Crippen molar-refractivity contribution in [1.82, 2.24) is 0 Å². The standard InChI is InChI=1S/C8H16N2OS/c1-11-7-4-6(5-9)2-3-8(7)12-10/h4,6,8H,2-3,5,9-10H2,1H3. The van der Waals surface area contributed by atoms with Gasteiger partial charge in [-0.1, -0.05) is 11.9 Å². The summed E-state index contributed by atoms with van der Waals surface area (Å²) in [5.74, 6) is 1.47. The van der Waals surface area contributed by atoms with Gasteiger partial charge in [-0.05, 0) is 31.4 Å². The Morgan fingerprint density at radius 3 is 2.92 bits per heavy atom. The van der Waals surface area contributed by atoms with Crippen LogP contribution in [0.15, 0.2) is 11.8 Å². The van der Waals surface area contributed by atoms with Crippen LogP contribution in [0, 0.1) is 5.92 Å². The quantitative estimate of drug-likeness (QED) is 0.645. The van der Waals surface area contributed by atoms with Gasteiger partial charge in [0.25, 0.3) is 0 Å². The van der Waals surface area contributed by atoms with Crippen molar-refractivity contribution in [3.8, 4) is 0 Å². The summed E-state index contributed by atoms with van der Waals surface area (Å²) in [6.07, 6.45) is 4.30. The maximum Gasteiger partial charge on any atom is 0.106 e. The van der Waals surface area contributed by atoms with E-state index in [1.54, 1.807) is 7.11 Å². The van der Waals surface area contributed by atoms with Gasteiger partial charge in [0.05, 0.1) is 12.4 Å². The normalized spacial score (nSPS) is 29.8. The third-order valence-electron chi connectivity index (χ3n) is 2.22. The largest absolute Gasteiger partial charge is 0.500 e. The molecule has 0 aromatic carbocycles. The Morgan fingerprint density at radius 2 is 2.42 bits per heavy atom. The molecule has 0 amide bonds. The monoisotopic (exact) mass is 188 g/mol. The van der Waals surface area contributed by atoms with E-state index < -0.39 is 0 Å². The van der Waals surface area contributed by atoms with Crippen LogP contribution in [-0.2, 0) is 4.74 Å². The van der Waals surface area contributed by atoms with Gasteiger partial charge in [0, 0.05) is 0 Å². The highest BCUT2D eigenvalue weighted by Gasteiger charge is 2.22. The molecule has 4 heteroatoms. The highest BCUT2D eigenvalue weighted by atomic mass is 32.2. The summed E-state index contributed by atoms with van der Waals surface area (Å²) < 4.78 is 5.23. The lowest BCUT2D eigenvalue weighted by Gasteiger charge is -2.25. The molecular weight excluding hydrogens is 172 g/mol. The van der Waals surface area contributed by atoms with Crippen LogP contribution in [0.25, 0.3) is 0 Å². The topological polar surface area (TPSA) is 61.3 Å². The molecule has 3 nitrogen and oxygen atoms in total. The summed E-state index contributed by atoms with van der Waals surface area (Å²) in [5, 5.41) is 5.85. The van der Waals surface area contributed by atoms with Crippen LogP contribution in [0.3, 0.4) is 0 Å². The molecule has 70 valence electrons. The zero-order chi connectivity index (χ0) is 8.97. The Kier molecular flexibility index (Phi) is 3.91. The predicted octanol–water partition coefficient (Wildman–Crippen LogP) is 0.861. The van der Waals surface area contributed by atoms with E-state index in [9.17, 15) is 0 Å². The van der Waals surface area contributed by atoms with Crippen molar-refractivity contribution < 1.29 is 4.74 Å². The predicted molar refractivity (Wildman–Crippen MR) is 52.4 cm³/mol. The van der Waals surface area contributed by atoms with Crippen LogP contribution in [0.4, 0.5) is 0 Å². The van der Waals surface area contributed by atoms with Gasteiger partial charge < -0.3 is 10.5 Å². The summed E-state index contributed by atoms with van der Waals surface area (Å²) in [4.78, 5) is 0. The van der Waals surface area contributed by atoms with E-state index in [0.29, 0.717) is 17.7 Å². The molecule has 1 rings (SSSR count). The first-order valence-corrected chi connectivity index (χ1v) is 5.07. The minimum atomic E-state index is 0.331. The minimum Gasteiger partial charge on any atom is -0.500 e. The molecule has 12 heavy (non-hydrogen) atoms. The van der Waals surface area contributed by atoms with E-state index in [0.717, 1.165) is 18.6 Å². The number of hydrogen-bond acceptors (Lipinski definition) is 4. The van der Waals surface area contributed by atoms with Crippen molar-refractivity contribution in [2.75, 3.05) is 13.7 Å². The summed E-state index contributed by atoms with van der Waals surface area (Å²) in [6, 6.07) is 0. The van der Waals surface area contributed by atoms with Crippen LogP contribution >= 0.6 is 11.9 Å². The van der Waals surface area contributed by atoms with Crippen molar-refractivity contribution >= 4 is 11.9 Å². The van der Waals surface area contributed by atoms with Gasteiger partial charge in [-0.3, -0.25) is 5.14 Å². The first-order chi connectivity index (χ1) is 5.81. The van der Waals surface area contributed by atoms with Crippen LogP contribution in [-0.4, -0.2) is 18.9 Å². The molecule has 0 saturated carbocycles. The molecule has 0 heterocycles. The fourth-order valence-electron chi connectivity index (χ4n) is 1.45. The molecule has 2 atom stereocenters. The smallest absolute Gasteiger partial charge is 0.106 e. The zero-order valence-corrected chi connectivity index (χ0v) is 8.14. The van der Waals surface area contributed by atoms with Crippen molar-refractivity contribution in [3.05, 3.63) is 11.8 Å². The molecule has 0 aromatic heterocycles. The van der Waals surface area contributed by atoms with Crippen molar-refractivity contribution in [2.24, 2.45) is 16.8 Å². The highest BCUT2D eigenvalue weighted by molar-refractivity contribution is 7.97. The van der Waals surface area contributed by atoms with Gasteiger partial charge in [-0.2, -0.15) is 0 Å². The summed E-state index contributed by atoms with van der Waals surface area (Å²) >= 11 is 1.36. The second-order valence-corrected chi connectivity index (χ2v) is 3.81. The maximum absolute atomic E-state index is 5.57. The molecule has 1 aliphatic carbocycles. The fraction of sp³-hybridized carbons (Fsp3) is 0.750. The zero-order valence-electron chi connectivity index (χ0n) is 7.32. The van der Waals surface area contributed by atoms with Crippen molar-refractivity contribution in [1.29, 1.82) is 0 Å². The average Bonchev–Trinajstić information content (AvgIpc) is 2.16. The molecule has 4 N–H and O–H groups in total. The van der Waals surface area contributed by atoms with Crippen LogP contribution < -0.4 is 10.9 Å². The molecule has 1 aliphatic rings. The van der Waals surface area contributed by atoms with Crippen LogP contribution in [0.5, 0.6) is 0 Å². The molecule has 0 radical (unpaired) electrons. The Hall–Kier alpha value is -0.190. The SMILES string of the molecule is COC1=CC(CN)CCC1SN. The maximum atomic E-state index is 5.57. The number of methoxy groups -OCH3 is 1. The fourth-order valence-corrected chi connectivity index (χ4v) is 2.03. The molecular formula is C8H16N2OS. The molecule has 0 bridgehead atoms. The van der Waals surface area contributed by atoms with E-state index >= 15 is 0 Å². The molecule has 0 aliphatic heterocycles. The molecule has 0 aromatic rings. The minimum absolute atomic E-state index is 0.331. The van der Waals surface area contributed by atoms with E-state index in [2.05, 4.69) is 6.08 Å². The third-order valence-corrected chi connectivity index (χ3v) is 3.02. The molecule has 0 spiro atoms. The Labute approximate surface area is 77.7 Å². The Balaban J connectivity index is 2.62. The molecule has 2 unspecified atom stereocenters. The first-order valence-electron chi connectivity index (χ1n) is 4.13. The number of ether oxygens (including phenoxy) is 1. The molecule has 0 saturated heterocycles. The van der Waals surface area contributed by atoms with Crippen molar-refractivity contribution in [3.63, 3.8) is 0 Å². The van der Waals surface area contributed by atoms with E-state index in [1.807, 2.05) is 0 Å². The van der Waals surface area contributed by atoms with Gasteiger partial charge in [0.15, 0.2) is 0 Å². The number of rotatable bonds is 3. The van der Waals surface area contributed by atoms with Gasteiger partial charge in [0.2, 0.25) is 0 Å². The van der Waals surface area contributed by atoms with Gasteiger partial charge in [0.1, 0.15) is 5.76 Å². The lowest BCUT2D eigenvalue weighted by Crippen LogP contribution is -2.23. The number of nitrogens with two attached hydrogens (primary N) is 2. The summed E-state index contributed by atoms with van der Waals surface area (Å²) in [6.45, 7) is 0.703. The van der Waals surface area contributed by atoms with Gasteiger partial charge >= 0.3 is 0 Å². The van der Waals surface area contributed by atoms with Gasteiger partial charge in [-0.25, -0.2) is 0 Å². The lowest BCUT2D eigenvalue weighted by molar-refractivity contribution is 0.262. The van der Waals surface area contributed by atoms with E-state index in [-0.39, 0.29) is 0 Å². The third kappa shape index (κ3) is 2.15. The average molecular weight is 188 g/mol. The summed E-state index contributed by atoms with van der Waals surface area (Å²) in [7, 11) is 1.69. The number of hydrogen-bond donors (Lipinski definition) is 2. The Morgan fingerprint density at radius 1 is 1.67 bits per heavy atom. The Bertz CT molecular complexity index is 172. The lowest BCUT2D eigenvalue weighted by atomic mass is 9.94. The second-order valence-electron chi connectivity index (χ2n) is 2.97.